The molecule has 0 radical (unpaired) electrons. The third kappa shape index (κ3) is 5.13. The summed E-state index contributed by atoms with van der Waals surface area (Å²) in [5.41, 5.74) is 0.349. The van der Waals surface area contributed by atoms with E-state index in [9.17, 15) is 9.18 Å². The van der Waals surface area contributed by atoms with Gasteiger partial charge >= 0.3 is 6.03 Å². The van der Waals surface area contributed by atoms with E-state index in [4.69, 9.17) is 4.74 Å². The second-order valence-corrected chi connectivity index (χ2v) is 4.90. The standard InChI is InChI=1S/C14H20FN3O2/c15-11-8-12(10-16-9-11)18-14(19)17-6-2-1-4-13-5-3-7-20-13/h8-10,13H,1-7H2,(H2,17,18,19). The fraction of sp³-hybridized carbons (Fsp3) is 0.571. The minimum Gasteiger partial charge on any atom is -0.378 e. The number of unbranched alkanes of at least 4 members (excludes halogenated alkanes) is 1. The Labute approximate surface area is 117 Å². The summed E-state index contributed by atoms with van der Waals surface area (Å²) in [5.74, 6) is -0.473. The highest BCUT2D eigenvalue weighted by Crippen LogP contribution is 2.17. The molecule has 1 aromatic rings. The maximum atomic E-state index is 12.9. The number of amides is 2. The fourth-order valence-corrected chi connectivity index (χ4v) is 2.23. The molecule has 0 aromatic carbocycles. The van der Waals surface area contributed by atoms with Crippen LogP contribution in [0, 0.1) is 5.82 Å². The number of aromatic nitrogens is 1. The Kier molecular flexibility index (Phi) is 5.73. The number of pyridine rings is 1. The number of anilines is 1. The molecule has 1 atom stereocenters. The lowest BCUT2D eigenvalue weighted by Crippen LogP contribution is -2.29. The molecule has 2 heterocycles. The van der Waals surface area contributed by atoms with Crippen LogP contribution in [0.3, 0.4) is 0 Å². The molecule has 1 aromatic heterocycles. The van der Waals surface area contributed by atoms with Crippen molar-refractivity contribution in [3.05, 3.63) is 24.3 Å². The first-order valence-electron chi connectivity index (χ1n) is 7.01. The van der Waals surface area contributed by atoms with Gasteiger partial charge in [-0.25, -0.2) is 9.18 Å². The summed E-state index contributed by atoms with van der Waals surface area (Å²) in [6.45, 7) is 1.48. The van der Waals surface area contributed by atoms with Gasteiger partial charge in [0.25, 0.3) is 0 Å². The topological polar surface area (TPSA) is 63.2 Å². The second-order valence-electron chi connectivity index (χ2n) is 4.90. The smallest absolute Gasteiger partial charge is 0.319 e. The zero-order valence-electron chi connectivity index (χ0n) is 11.4. The van der Waals surface area contributed by atoms with Gasteiger partial charge in [-0.3, -0.25) is 4.98 Å². The molecule has 20 heavy (non-hydrogen) atoms. The Hall–Kier alpha value is -1.69. The number of hydrogen-bond acceptors (Lipinski definition) is 3. The van der Waals surface area contributed by atoms with Crippen LogP contribution in [0.25, 0.3) is 0 Å². The maximum Gasteiger partial charge on any atom is 0.319 e. The normalized spacial score (nSPS) is 17.9. The van der Waals surface area contributed by atoms with Crippen molar-refractivity contribution < 1.29 is 13.9 Å². The molecule has 1 saturated heterocycles. The summed E-state index contributed by atoms with van der Waals surface area (Å²) < 4.78 is 18.4. The monoisotopic (exact) mass is 281 g/mol. The molecule has 1 fully saturated rings. The average molecular weight is 281 g/mol. The van der Waals surface area contributed by atoms with E-state index in [1.807, 2.05) is 0 Å². The molecule has 2 N–H and O–H groups in total. The number of hydrogen-bond donors (Lipinski definition) is 2. The van der Waals surface area contributed by atoms with Crippen molar-refractivity contribution in [3.63, 3.8) is 0 Å². The molecule has 5 nitrogen and oxygen atoms in total. The molecular formula is C14H20FN3O2. The lowest BCUT2D eigenvalue weighted by atomic mass is 10.1. The van der Waals surface area contributed by atoms with Crippen molar-refractivity contribution in [1.29, 1.82) is 0 Å². The van der Waals surface area contributed by atoms with Gasteiger partial charge in [0.2, 0.25) is 0 Å². The van der Waals surface area contributed by atoms with E-state index in [-0.39, 0.29) is 6.03 Å². The number of nitrogens with one attached hydrogen (secondary N) is 2. The Morgan fingerprint density at radius 1 is 1.45 bits per heavy atom. The third-order valence-electron chi connectivity index (χ3n) is 3.23. The summed E-state index contributed by atoms with van der Waals surface area (Å²) in [6.07, 6.45) is 8.21. The highest BCUT2D eigenvalue weighted by atomic mass is 19.1. The molecule has 6 heteroatoms. The largest absolute Gasteiger partial charge is 0.378 e. The van der Waals surface area contributed by atoms with Crippen LogP contribution < -0.4 is 10.6 Å². The summed E-state index contributed by atoms with van der Waals surface area (Å²) >= 11 is 0. The van der Waals surface area contributed by atoms with Crippen molar-refractivity contribution in [2.75, 3.05) is 18.5 Å². The summed E-state index contributed by atoms with van der Waals surface area (Å²) in [5, 5.41) is 5.27. The number of halogens is 1. The first kappa shape index (κ1) is 14.7. The van der Waals surface area contributed by atoms with Gasteiger partial charge in [-0.2, -0.15) is 0 Å². The van der Waals surface area contributed by atoms with Crippen LogP contribution in [0.15, 0.2) is 18.5 Å². The quantitative estimate of drug-likeness (QED) is 0.788. The molecule has 0 spiro atoms. The van der Waals surface area contributed by atoms with E-state index in [0.717, 1.165) is 44.9 Å². The van der Waals surface area contributed by atoms with Crippen LogP contribution in [-0.2, 0) is 4.74 Å². The van der Waals surface area contributed by atoms with Gasteiger partial charge in [-0.1, -0.05) is 0 Å². The number of ether oxygens (including phenoxy) is 1. The molecule has 1 aliphatic heterocycles. The minimum absolute atomic E-state index is 0.338. The number of urea groups is 1. The van der Waals surface area contributed by atoms with Gasteiger partial charge in [-0.15, -0.1) is 0 Å². The lowest BCUT2D eigenvalue weighted by Gasteiger charge is -2.09. The molecule has 0 bridgehead atoms. The van der Waals surface area contributed by atoms with Crippen molar-refractivity contribution in [3.8, 4) is 0 Å². The summed E-state index contributed by atoms with van der Waals surface area (Å²) in [7, 11) is 0. The lowest BCUT2D eigenvalue weighted by molar-refractivity contribution is 0.102. The van der Waals surface area contributed by atoms with Gasteiger partial charge in [0, 0.05) is 19.2 Å². The van der Waals surface area contributed by atoms with Gasteiger partial charge in [-0.05, 0) is 32.1 Å². The van der Waals surface area contributed by atoms with E-state index < -0.39 is 5.82 Å². The van der Waals surface area contributed by atoms with Crippen LogP contribution in [0.5, 0.6) is 0 Å². The molecule has 1 unspecified atom stereocenters. The van der Waals surface area contributed by atoms with Crippen LogP contribution in [-0.4, -0.2) is 30.3 Å². The molecule has 0 aliphatic carbocycles. The molecule has 0 saturated carbocycles. The molecule has 2 amide bonds. The van der Waals surface area contributed by atoms with Crippen molar-refractivity contribution in [2.45, 2.75) is 38.2 Å². The fourth-order valence-electron chi connectivity index (χ4n) is 2.23. The van der Waals surface area contributed by atoms with E-state index in [1.54, 1.807) is 0 Å². The van der Waals surface area contributed by atoms with E-state index >= 15 is 0 Å². The Morgan fingerprint density at radius 3 is 3.10 bits per heavy atom. The Balaban J connectivity index is 1.55. The van der Waals surface area contributed by atoms with Gasteiger partial charge in [0.1, 0.15) is 5.82 Å². The number of carbonyl (C=O) groups excluding carboxylic acids is 1. The summed E-state index contributed by atoms with van der Waals surface area (Å²) in [6, 6.07) is 0.888. The third-order valence-corrected chi connectivity index (χ3v) is 3.23. The SMILES string of the molecule is O=C(NCCCCC1CCCO1)Nc1cncc(F)c1. The van der Waals surface area contributed by atoms with E-state index in [1.165, 1.54) is 12.3 Å². The van der Waals surface area contributed by atoms with Crippen molar-refractivity contribution in [1.82, 2.24) is 10.3 Å². The zero-order valence-corrected chi connectivity index (χ0v) is 11.4. The highest BCUT2D eigenvalue weighted by Gasteiger charge is 2.14. The second kappa shape index (κ2) is 7.79. The van der Waals surface area contributed by atoms with E-state index in [2.05, 4.69) is 15.6 Å². The van der Waals surface area contributed by atoms with Crippen molar-refractivity contribution >= 4 is 11.7 Å². The van der Waals surface area contributed by atoms with E-state index in [0.29, 0.717) is 18.3 Å². The minimum atomic E-state index is -0.473. The highest BCUT2D eigenvalue weighted by molar-refractivity contribution is 5.88. The molecule has 2 rings (SSSR count). The molecule has 1 aliphatic rings. The Bertz CT molecular complexity index is 436. The average Bonchev–Trinajstić information content (AvgIpc) is 2.91. The van der Waals surface area contributed by atoms with Crippen LogP contribution in [0.2, 0.25) is 0 Å². The number of rotatable bonds is 6. The predicted octanol–water partition coefficient (Wildman–Crippen LogP) is 2.69. The number of nitrogens with zero attached hydrogens (tertiary/aromatic N) is 1. The maximum absolute atomic E-state index is 12.9. The van der Waals surface area contributed by atoms with Crippen LogP contribution in [0.1, 0.15) is 32.1 Å². The van der Waals surface area contributed by atoms with Crippen LogP contribution >= 0.6 is 0 Å². The number of carbonyl (C=O) groups is 1. The molecule has 110 valence electrons. The van der Waals surface area contributed by atoms with Gasteiger partial charge in [0.15, 0.2) is 0 Å². The Morgan fingerprint density at radius 2 is 2.35 bits per heavy atom. The molecular weight excluding hydrogens is 261 g/mol. The first-order chi connectivity index (χ1) is 9.74. The summed E-state index contributed by atoms with van der Waals surface area (Å²) in [4.78, 5) is 15.2. The first-order valence-corrected chi connectivity index (χ1v) is 7.01. The predicted molar refractivity (Wildman–Crippen MR) is 74.0 cm³/mol. The van der Waals surface area contributed by atoms with Crippen LogP contribution in [0.4, 0.5) is 14.9 Å². The van der Waals surface area contributed by atoms with Gasteiger partial charge < -0.3 is 15.4 Å². The van der Waals surface area contributed by atoms with Crippen molar-refractivity contribution in [2.24, 2.45) is 0 Å². The van der Waals surface area contributed by atoms with Gasteiger partial charge in [0.05, 0.1) is 24.2 Å². The zero-order chi connectivity index (χ0) is 14.2.